The van der Waals surface area contributed by atoms with E-state index in [9.17, 15) is 9.90 Å². The molecule has 2 heterocycles. The quantitative estimate of drug-likeness (QED) is 0.547. The monoisotopic (exact) mass is 428 g/mol. The average molecular weight is 429 g/mol. The van der Waals surface area contributed by atoms with Gasteiger partial charge in [0.25, 0.3) is 0 Å². The summed E-state index contributed by atoms with van der Waals surface area (Å²) < 4.78 is 17.0. The summed E-state index contributed by atoms with van der Waals surface area (Å²) in [4.78, 5) is 20.2. The van der Waals surface area contributed by atoms with Crippen molar-refractivity contribution >= 4 is 28.6 Å². The van der Waals surface area contributed by atoms with Crippen LogP contribution in [-0.4, -0.2) is 39.9 Å². The van der Waals surface area contributed by atoms with Gasteiger partial charge in [-0.3, -0.25) is 0 Å². The fourth-order valence-corrected chi connectivity index (χ4v) is 3.50. The first-order chi connectivity index (χ1) is 14.6. The van der Waals surface area contributed by atoms with Crippen LogP contribution >= 0.6 is 11.6 Å². The Morgan fingerprint density at radius 3 is 2.73 bits per heavy atom. The number of halogens is 1. The van der Waals surface area contributed by atoms with E-state index < -0.39 is 12.1 Å². The van der Waals surface area contributed by atoms with Crippen molar-refractivity contribution in [3.8, 4) is 17.4 Å². The molecule has 1 N–H and O–H groups in total. The third-order valence-corrected chi connectivity index (χ3v) is 5.09. The van der Waals surface area contributed by atoms with Crippen molar-refractivity contribution in [1.29, 1.82) is 0 Å². The number of hydrogen-bond acceptors (Lipinski definition) is 6. The van der Waals surface area contributed by atoms with Crippen molar-refractivity contribution in [2.45, 2.75) is 37.9 Å². The molecule has 0 amide bonds. The Morgan fingerprint density at radius 1 is 1.20 bits per heavy atom. The fraction of sp³-hybridized carbons (Fsp3) is 0.318. The topological polar surface area (TPSA) is 90.8 Å². The van der Waals surface area contributed by atoms with Crippen LogP contribution in [0, 0.1) is 0 Å². The molecule has 2 aromatic carbocycles. The first kappa shape index (κ1) is 20.4. The summed E-state index contributed by atoms with van der Waals surface area (Å²) in [5, 5.41) is 10.0. The van der Waals surface area contributed by atoms with Crippen molar-refractivity contribution in [3.05, 3.63) is 53.7 Å². The summed E-state index contributed by atoms with van der Waals surface area (Å²) in [6.07, 6.45) is 3.81. The zero-order chi connectivity index (χ0) is 20.9. The van der Waals surface area contributed by atoms with Gasteiger partial charge >= 0.3 is 5.97 Å². The summed E-state index contributed by atoms with van der Waals surface area (Å²) in [6.45, 7) is 0.750. The van der Waals surface area contributed by atoms with Crippen LogP contribution < -0.4 is 9.47 Å². The van der Waals surface area contributed by atoms with Crippen LogP contribution in [0.3, 0.4) is 0 Å². The average Bonchev–Trinajstić information content (AvgIpc) is 3.26. The number of nitrogens with zero attached hydrogens (tertiary/aromatic N) is 2. The van der Waals surface area contributed by atoms with Crippen molar-refractivity contribution < 1.29 is 24.1 Å². The second-order valence-electron chi connectivity index (χ2n) is 7.07. The smallest absolute Gasteiger partial charge is 0.344 e. The molecular weight excluding hydrogens is 408 g/mol. The summed E-state index contributed by atoms with van der Waals surface area (Å²) in [5.74, 6) is 0.357. The Balaban J connectivity index is 1.37. The van der Waals surface area contributed by atoms with Gasteiger partial charge in [0.05, 0.1) is 23.3 Å². The SMILES string of the molecule is O=C(O)[C@H](CCC1CCCO1)Oc1ccc(Oc2cnc3cc(Cl)ccc3n2)cc1. The minimum absolute atomic E-state index is 0.130. The van der Waals surface area contributed by atoms with Crippen LogP contribution in [0.2, 0.25) is 5.02 Å². The van der Waals surface area contributed by atoms with E-state index in [0.29, 0.717) is 46.3 Å². The van der Waals surface area contributed by atoms with Gasteiger partial charge in [0.15, 0.2) is 6.10 Å². The normalized spacial score (nSPS) is 17.0. The predicted octanol–water partition coefficient (Wildman–Crippen LogP) is 4.87. The van der Waals surface area contributed by atoms with Gasteiger partial charge in [-0.25, -0.2) is 14.8 Å². The molecule has 1 aromatic heterocycles. The molecule has 8 heteroatoms. The highest BCUT2D eigenvalue weighted by Crippen LogP contribution is 2.26. The lowest BCUT2D eigenvalue weighted by Gasteiger charge is -2.17. The lowest BCUT2D eigenvalue weighted by Crippen LogP contribution is -2.28. The molecule has 2 atom stereocenters. The van der Waals surface area contributed by atoms with E-state index in [2.05, 4.69) is 9.97 Å². The van der Waals surface area contributed by atoms with Crippen molar-refractivity contribution in [2.75, 3.05) is 6.61 Å². The standard InChI is InChI=1S/C22H21ClN2O5/c23-14-3-9-18-19(12-14)24-13-21(25-18)30-17-6-4-16(5-7-17)29-20(22(26)27)10-8-15-2-1-11-28-15/h3-7,9,12-13,15,20H,1-2,8,10-11H2,(H,26,27)/t15?,20-/m0/s1. The number of benzene rings is 2. The third-order valence-electron chi connectivity index (χ3n) is 4.86. The maximum atomic E-state index is 11.5. The fourth-order valence-electron chi connectivity index (χ4n) is 3.33. The molecule has 1 fully saturated rings. The lowest BCUT2D eigenvalue weighted by molar-refractivity contribution is -0.145. The molecule has 1 saturated heterocycles. The molecule has 1 unspecified atom stereocenters. The predicted molar refractivity (Wildman–Crippen MR) is 111 cm³/mol. The molecule has 0 aliphatic carbocycles. The minimum atomic E-state index is -0.986. The van der Waals surface area contributed by atoms with Gasteiger partial charge in [0.2, 0.25) is 5.88 Å². The van der Waals surface area contributed by atoms with Crippen molar-refractivity contribution in [1.82, 2.24) is 9.97 Å². The largest absolute Gasteiger partial charge is 0.479 e. The van der Waals surface area contributed by atoms with Crippen LogP contribution in [0.5, 0.6) is 17.4 Å². The number of aliphatic carboxylic acids is 1. The van der Waals surface area contributed by atoms with Crippen LogP contribution in [-0.2, 0) is 9.53 Å². The number of ether oxygens (including phenoxy) is 3. The summed E-state index contributed by atoms with van der Waals surface area (Å²) >= 11 is 5.96. The Bertz CT molecular complexity index is 1020. The Kier molecular flexibility index (Phi) is 6.30. The van der Waals surface area contributed by atoms with E-state index in [1.54, 1.807) is 42.5 Å². The zero-order valence-electron chi connectivity index (χ0n) is 16.2. The minimum Gasteiger partial charge on any atom is -0.479 e. The van der Waals surface area contributed by atoms with E-state index in [4.69, 9.17) is 25.8 Å². The number of aromatic nitrogens is 2. The molecule has 1 aliphatic rings. The maximum absolute atomic E-state index is 11.5. The highest BCUT2D eigenvalue weighted by molar-refractivity contribution is 6.31. The third kappa shape index (κ3) is 5.17. The second-order valence-corrected chi connectivity index (χ2v) is 7.51. The molecule has 4 rings (SSSR count). The molecule has 0 spiro atoms. The van der Waals surface area contributed by atoms with Gasteiger partial charge in [0.1, 0.15) is 11.5 Å². The Hall–Kier alpha value is -2.90. The van der Waals surface area contributed by atoms with E-state index in [1.165, 1.54) is 6.20 Å². The van der Waals surface area contributed by atoms with Gasteiger partial charge in [-0.2, -0.15) is 0 Å². The van der Waals surface area contributed by atoms with Crippen molar-refractivity contribution in [2.24, 2.45) is 0 Å². The van der Waals surface area contributed by atoms with Gasteiger partial charge in [-0.15, -0.1) is 0 Å². The zero-order valence-corrected chi connectivity index (χ0v) is 16.9. The number of carboxylic acid groups (broad SMARTS) is 1. The molecule has 156 valence electrons. The van der Waals surface area contributed by atoms with E-state index in [1.807, 2.05) is 0 Å². The van der Waals surface area contributed by atoms with Gasteiger partial charge in [-0.05, 0) is 68.1 Å². The number of carboxylic acids is 1. The lowest BCUT2D eigenvalue weighted by atomic mass is 10.1. The van der Waals surface area contributed by atoms with Gasteiger partial charge in [0, 0.05) is 11.6 Å². The van der Waals surface area contributed by atoms with Gasteiger partial charge in [-0.1, -0.05) is 11.6 Å². The summed E-state index contributed by atoms with van der Waals surface area (Å²) in [7, 11) is 0. The van der Waals surface area contributed by atoms with Crippen LogP contribution in [0.4, 0.5) is 0 Å². The Morgan fingerprint density at radius 2 is 2.00 bits per heavy atom. The van der Waals surface area contributed by atoms with E-state index in [0.717, 1.165) is 19.4 Å². The molecule has 3 aromatic rings. The molecule has 0 saturated carbocycles. The first-order valence-electron chi connectivity index (χ1n) is 9.78. The van der Waals surface area contributed by atoms with Crippen LogP contribution in [0.25, 0.3) is 11.0 Å². The molecule has 1 aliphatic heterocycles. The first-order valence-corrected chi connectivity index (χ1v) is 10.2. The molecular formula is C22H21ClN2O5. The number of hydrogen-bond donors (Lipinski definition) is 1. The molecule has 0 radical (unpaired) electrons. The van der Waals surface area contributed by atoms with Gasteiger partial charge < -0.3 is 19.3 Å². The highest BCUT2D eigenvalue weighted by atomic mass is 35.5. The van der Waals surface area contributed by atoms with Crippen molar-refractivity contribution in [3.63, 3.8) is 0 Å². The van der Waals surface area contributed by atoms with Crippen LogP contribution in [0.15, 0.2) is 48.7 Å². The second kappa shape index (κ2) is 9.28. The number of carbonyl (C=O) groups is 1. The molecule has 7 nitrogen and oxygen atoms in total. The molecule has 0 bridgehead atoms. The maximum Gasteiger partial charge on any atom is 0.344 e. The summed E-state index contributed by atoms with van der Waals surface area (Å²) in [6, 6.07) is 12.0. The van der Waals surface area contributed by atoms with E-state index >= 15 is 0 Å². The highest BCUT2D eigenvalue weighted by Gasteiger charge is 2.23. The number of rotatable bonds is 8. The summed E-state index contributed by atoms with van der Waals surface area (Å²) in [5.41, 5.74) is 1.36. The van der Waals surface area contributed by atoms with E-state index in [-0.39, 0.29) is 6.10 Å². The van der Waals surface area contributed by atoms with Crippen LogP contribution in [0.1, 0.15) is 25.7 Å². The number of fused-ring (bicyclic) bond motifs is 1. The molecule has 30 heavy (non-hydrogen) atoms. The Labute approximate surface area is 178 Å².